The molecule has 10 heteroatoms. The van der Waals surface area contributed by atoms with Gasteiger partial charge in [-0.25, -0.2) is 0 Å². The monoisotopic (exact) mass is 503 g/mol. The zero-order valence-electron chi connectivity index (χ0n) is 19.1. The van der Waals surface area contributed by atoms with Gasteiger partial charge in [0.15, 0.2) is 5.76 Å². The number of thiophene rings is 1. The molecule has 1 aliphatic heterocycles. The van der Waals surface area contributed by atoms with Crippen molar-refractivity contribution in [2.24, 2.45) is 0 Å². The van der Waals surface area contributed by atoms with E-state index < -0.39 is 28.4 Å². The Hall–Kier alpha value is -4.44. The van der Waals surface area contributed by atoms with Crippen LogP contribution in [0.25, 0.3) is 10.9 Å². The maximum absolute atomic E-state index is 13.4. The molecule has 9 nitrogen and oxygen atoms in total. The van der Waals surface area contributed by atoms with Crippen molar-refractivity contribution in [3.05, 3.63) is 104 Å². The first kappa shape index (κ1) is 23.3. The smallest absolute Gasteiger partial charge is 0.290 e. The van der Waals surface area contributed by atoms with Crippen molar-refractivity contribution in [3.8, 4) is 5.75 Å². The van der Waals surface area contributed by atoms with E-state index in [-0.39, 0.29) is 23.4 Å². The summed E-state index contributed by atoms with van der Waals surface area (Å²) in [4.78, 5) is 42.8. The Labute approximate surface area is 209 Å². The maximum atomic E-state index is 13.4. The minimum atomic E-state index is -1.10. The van der Waals surface area contributed by atoms with E-state index in [1.807, 2.05) is 24.4 Å². The lowest BCUT2D eigenvalue weighted by molar-refractivity contribution is -0.385. The van der Waals surface area contributed by atoms with Gasteiger partial charge >= 0.3 is 0 Å². The van der Waals surface area contributed by atoms with Gasteiger partial charge in [0.25, 0.3) is 11.6 Å². The third-order valence-electron chi connectivity index (χ3n) is 6.32. The van der Waals surface area contributed by atoms with Gasteiger partial charge in [0.1, 0.15) is 5.75 Å². The lowest BCUT2D eigenvalue weighted by Gasteiger charge is -2.26. The molecule has 36 heavy (non-hydrogen) atoms. The average Bonchev–Trinajstić information content (AvgIpc) is 3.62. The third kappa shape index (κ3) is 3.91. The van der Waals surface area contributed by atoms with Crippen molar-refractivity contribution >= 4 is 39.6 Å². The summed E-state index contributed by atoms with van der Waals surface area (Å²) in [7, 11) is 1.58. The number of hydrogen-bond acceptors (Lipinski definition) is 7. The summed E-state index contributed by atoms with van der Waals surface area (Å²) in [6.45, 7) is 0.116. The van der Waals surface area contributed by atoms with Crippen LogP contribution in [0.4, 0.5) is 5.69 Å². The quantitative estimate of drug-likeness (QED) is 0.199. The number of ketones is 1. The largest absolute Gasteiger partial charge is 0.503 e. The summed E-state index contributed by atoms with van der Waals surface area (Å²) >= 11 is 1.17. The second-order valence-electron chi connectivity index (χ2n) is 8.26. The fourth-order valence-corrected chi connectivity index (χ4v) is 5.28. The molecular formula is C26H21N3O6S. The number of nitro benzene ring substituents is 1. The molecule has 3 heterocycles. The number of carbonyl (C=O) groups excluding carboxylic acids is 2. The number of rotatable bonds is 8. The van der Waals surface area contributed by atoms with E-state index in [1.54, 1.807) is 30.7 Å². The molecule has 2 aromatic carbocycles. The number of aliphatic hydroxyl groups excluding tert-OH is 1. The molecule has 5 rings (SSSR count). The van der Waals surface area contributed by atoms with Gasteiger partial charge in [-0.3, -0.25) is 19.7 Å². The molecule has 1 atom stereocenters. The number of nitro groups is 1. The second kappa shape index (κ2) is 9.31. The van der Waals surface area contributed by atoms with Gasteiger partial charge in [-0.1, -0.05) is 18.2 Å². The van der Waals surface area contributed by atoms with Gasteiger partial charge < -0.3 is 19.7 Å². The molecule has 1 aliphatic rings. The van der Waals surface area contributed by atoms with E-state index in [4.69, 9.17) is 4.74 Å². The van der Waals surface area contributed by atoms with E-state index in [9.17, 15) is 24.8 Å². The minimum Gasteiger partial charge on any atom is -0.503 e. The summed E-state index contributed by atoms with van der Waals surface area (Å²) in [5.74, 6) is -1.27. The molecule has 0 spiro atoms. The van der Waals surface area contributed by atoms with Crippen LogP contribution in [0, 0.1) is 10.1 Å². The minimum absolute atomic E-state index is 0.116. The van der Waals surface area contributed by atoms with Crippen LogP contribution in [0.3, 0.4) is 0 Å². The number of para-hydroxylation sites is 1. The number of aromatic nitrogens is 1. The molecule has 1 amide bonds. The van der Waals surface area contributed by atoms with Crippen molar-refractivity contribution in [1.82, 2.24) is 9.88 Å². The first-order valence-corrected chi connectivity index (χ1v) is 12.0. The van der Waals surface area contributed by atoms with Gasteiger partial charge in [-0.15, -0.1) is 11.3 Å². The molecule has 0 aliphatic carbocycles. The number of hydrogen-bond donors (Lipinski definition) is 2. The first-order chi connectivity index (χ1) is 17.4. The highest BCUT2D eigenvalue weighted by Gasteiger charge is 2.46. The zero-order valence-corrected chi connectivity index (χ0v) is 20.0. The number of aromatic amines is 1. The number of nitrogens with zero attached hydrogens (tertiary/aromatic N) is 2. The van der Waals surface area contributed by atoms with Crippen LogP contribution in [0.15, 0.2) is 77.5 Å². The highest BCUT2D eigenvalue weighted by molar-refractivity contribution is 7.12. The lowest BCUT2D eigenvalue weighted by atomic mass is 9.94. The Kier molecular flexibility index (Phi) is 6.03. The topological polar surface area (TPSA) is 126 Å². The third-order valence-corrected chi connectivity index (χ3v) is 7.19. The molecule has 0 bridgehead atoms. The molecule has 4 aromatic rings. The summed E-state index contributed by atoms with van der Waals surface area (Å²) in [6, 6.07) is 13.8. The molecule has 2 aromatic heterocycles. The van der Waals surface area contributed by atoms with Crippen LogP contribution in [-0.4, -0.2) is 45.3 Å². The molecule has 0 saturated heterocycles. The van der Waals surface area contributed by atoms with Crippen LogP contribution in [-0.2, 0) is 11.2 Å². The predicted octanol–water partition coefficient (Wildman–Crippen LogP) is 4.97. The Morgan fingerprint density at radius 1 is 1.22 bits per heavy atom. The number of aliphatic hydroxyl groups is 1. The maximum Gasteiger partial charge on any atom is 0.290 e. The van der Waals surface area contributed by atoms with Gasteiger partial charge in [0.05, 0.1) is 34.1 Å². The summed E-state index contributed by atoms with van der Waals surface area (Å²) in [5, 5.41) is 25.3. The number of benzene rings is 2. The Bertz CT molecular complexity index is 1520. The van der Waals surface area contributed by atoms with Crippen molar-refractivity contribution in [3.63, 3.8) is 0 Å². The van der Waals surface area contributed by atoms with Crippen molar-refractivity contribution in [2.75, 3.05) is 13.7 Å². The van der Waals surface area contributed by atoms with E-state index >= 15 is 0 Å². The molecule has 0 saturated carbocycles. The van der Waals surface area contributed by atoms with Gasteiger partial charge in [-0.2, -0.15) is 0 Å². The molecule has 0 unspecified atom stereocenters. The number of carbonyl (C=O) groups is 2. The average molecular weight is 504 g/mol. The summed E-state index contributed by atoms with van der Waals surface area (Å²) in [6.07, 6.45) is 2.21. The number of ether oxygens (including phenoxy) is 1. The molecule has 0 radical (unpaired) electrons. The van der Waals surface area contributed by atoms with Gasteiger partial charge in [0.2, 0.25) is 5.78 Å². The molecular weight excluding hydrogens is 482 g/mol. The van der Waals surface area contributed by atoms with E-state index in [0.717, 1.165) is 16.5 Å². The number of H-pyrrole nitrogens is 1. The Morgan fingerprint density at radius 3 is 2.75 bits per heavy atom. The summed E-state index contributed by atoms with van der Waals surface area (Å²) in [5.41, 5.74) is 1.57. The fourth-order valence-electron chi connectivity index (χ4n) is 4.60. The number of Topliss-reactive ketones (excluding diaryl/α,β-unsaturated/α-hetero) is 1. The SMILES string of the molecule is COc1ccc2[nH]cc(CCN3C(=O)C(O)=C(C(=O)c4cccs4)[C@@H]3c3ccccc3[N+](=O)[O-])c2c1. The highest BCUT2D eigenvalue weighted by Crippen LogP contribution is 2.42. The number of amides is 1. The molecule has 0 fully saturated rings. The van der Waals surface area contributed by atoms with Gasteiger partial charge in [0, 0.05) is 29.7 Å². The Morgan fingerprint density at radius 2 is 2.03 bits per heavy atom. The van der Waals surface area contributed by atoms with Crippen LogP contribution in [0.5, 0.6) is 5.75 Å². The normalized spacial score (nSPS) is 15.6. The van der Waals surface area contributed by atoms with E-state index in [2.05, 4.69) is 4.98 Å². The number of fused-ring (bicyclic) bond motifs is 1. The van der Waals surface area contributed by atoms with Crippen LogP contribution in [0.2, 0.25) is 0 Å². The molecule has 182 valence electrons. The zero-order chi connectivity index (χ0) is 25.4. The predicted molar refractivity (Wildman–Crippen MR) is 134 cm³/mol. The van der Waals surface area contributed by atoms with Gasteiger partial charge in [-0.05, 0) is 47.7 Å². The Balaban J connectivity index is 1.56. The van der Waals surface area contributed by atoms with Crippen molar-refractivity contribution in [2.45, 2.75) is 12.5 Å². The standard InChI is InChI=1S/C26H21N3O6S/c1-35-16-8-9-19-18(13-16)15(14-27-19)10-11-28-23(17-5-2-3-6-20(17)29(33)34)22(25(31)26(28)32)24(30)21-7-4-12-36-21/h2-9,12-14,23,27,31H,10-11H2,1H3/t23-/m0/s1. The fraction of sp³-hybridized carbons (Fsp3) is 0.154. The van der Waals surface area contributed by atoms with Crippen LogP contribution < -0.4 is 4.74 Å². The van der Waals surface area contributed by atoms with Crippen molar-refractivity contribution in [1.29, 1.82) is 0 Å². The lowest BCUT2D eigenvalue weighted by Crippen LogP contribution is -2.33. The number of nitrogens with one attached hydrogen (secondary N) is 1. The number of methoxy groups -OCH3 is 1. The van der Waals surface area contributed by atoms with E-state index in [0.29, 0.717) is 17.0 Å². The summed E-state index contributed by atoms with van der Waals surface area (Å²) < 4.78 is 5.32. The van der Waals surface area contributed by atoms with Crippen LogP contribution >= 0.6 is 11.3 Å². The van der Waals surface area contributed by atoms with Crippen molar-refractivity contribution < 1.29 is 24.4 Å². The second-order valence-corrected chi connectivity index (χ2v) is 9.21. The van der Waals surface area contributed by atoms with E-state index in [1.165, 1.54) is 34.4 Å². The highest BCUT2D eigenvalue weighted by atomic mass is 32.1. The first-order valence-electron chi connectivity index (χ1n) is 11.1. The molecule has 2 N–H and O–H groups in total. The van der Waals surface area contributed by atoms with Crippen LogP contribution in [0.1, 0.15) is 26.8 Å².